The van der Waals surface area contributed by atoms with Crippen molar-refractivity contribution in [1.29, 1.82) is 0 Å². The monoisotopic (exact) mass is 259 g/mol. The number of nitrogens with two attached hydrogens (primary N) is 1. The largest absolute Gasteiger partial charge is 0.383 e. The van der Waals surface area contributed by atoms with Crippen LogP contribution in [0.4, 0.5) is 0 Å². The fourth-order valence-corrected chi connectivity index (χ4v) is 1.99. The number of hydrogen-bond donors (Lipinski definition) is 2. The molecule has 18 heavy (non-hydrogen) atoms. The highest BCUT2D eigenvalue weighted by molar-refractivity contribution is 5.78. The minimum Gasteiger partial charge on any atom is -0.383 e. The minimum atomic E-state index is -0.227. The molecule has 1 rings (SSSR count). The predicted molar refractivity (Wildman–Crippen MR) is 70.8 cm³/mol. The van der Waals surface area contributed by atoms with E-state index in [9.17, 15) is 0 Å². The fourth-order valence-electron chi connectivity index (χ4n) is 1.99. The molecule has 0 aromatic carbocycles. The zero-order valence-electron chi connectivity index (χ0n) is 11.6. The van der Waals surface area contributed by atoms with E-state index < -0.39 is 0 Å². The lowest BCUT2D eigenvalue weighted by Crippen LogP contribution is -2.44. The number of hydrogen-bond acceptors (Lipinski definition) is 4. The molecule has 0 bridgehead atoms. The average Bonchev–Trinajstić information content (AvgIpc) is 2.38. The summed E-state index contributed by atoms with van der Waals surface area (Å²) in [6.07, 6.45) is 1.71. The first-order chi connectivity index (χ1) is 8.62. The second-order valence-electron chi connectivity index (χ2n) is 4.70. The van der Waals surface area contributed by atoms with Gasteiger partial charge in [0.05, 0.1) is 18.8 Å². The third-order valence-corrected chi connectivity index (χ3v) is 3.19. The summed E-state index contributed by atoms with van der Waals surface area (Å²) < 4.78 is 16.0. The third kappa shape index (κ3) is 4.80. The van der Waals surface area contributed by atoms with Crippen LogP contribution in [-0.2, 0) is 14.2 Å². The van der Waals surface area contributed by atoms with Crippen molar-refractivity contribution < 1.29 is 14.2 Å². The summed E-state index contributed by atoms with van der Waals surface area (Å²) in [5.41, 5.74) is 5.61. The minimum absolute atomic E-state index is 0.145. The number of nitrogens with one attached hydrogen (secondary N) is 1. The van der Waals surface area contributed by atoms with Gasteiger partial charge in [0.25, 0.3) is 0 Å². The van der Waals surface area contributed by atoms with Crippen LogP contribution in [0.2, 0.25) is 0 Å². The van der Waals surface area contributed by atoms with Crippen LogP contribution in [0, 0.1) is 0 Å². The van der Waals surface area contributed by atoms with E-state index in [-0.39, 0.29) is 11.6 Å². The molecular formula is C12H25N3O3. The zero-order valence-corrected chi connectivity index (χ0v) is 11.6. The highest BCUT2D eigenvalue weighted by atomic mass is 16.5. The first kappa shape index (κ1) is 15.2. The second kappa shape index (κ2) is 7.56. The van der Waals surface area contributed by atoms with Gasteiger partial charge >= 0.3 is 0 Å². The molecule has 0 aromatic rings. The normalized spacial score (nSPS) is 21.6. The topological polar surface area (TPSA) is 78.1 Å². The molecule has 0 radical (unpaired) electrons. The summed E-state index contributed by atoms with van der Waals surface area (Å²) in [6.45, 7) is 4.59. The molecule has 1 unspecified atom stereocenters. The van der Waals surface area contributed by atoms with Crippen LogP contribution in [0.15, 0.2) is 4.99 Å². The van der Waals surface area contributed by atoms with E-state index in [0.717, 1.165) is 26.1 Å². The number of aliphatic imine (C=N–C) groups is 1. The molecule has 1 aliphatic rings. The van der Waals surface area contributed by atoms with Crippen LogP contribution >= 0.6 is 0 Å². The Balaban J connectivity index is 2.44. The number of rotatable bonds is 6. The van der Waals surface area contributed by atoms with Gasteiger partial charge in [-0.1, -0.05) is 0 Å². The maximum absolute atomic E-state index is 5.83. The Kier molecular flexibility index (Phi) is 6.38. The highest BCUT2D eigenvalue weighted by Gasteiger charge is 2.32. The Morgan fingerprint density at radius 1 is 1.44 bits per heavy atom. The first-order valence-corrected chi connectivity index (χ1v) is 6.30. The quantitative estimate of drug-likeness (QED) is 0.523. The van der Waals surface area contributed by atoms with E-state index in [1.54, 1.807) is 14.2 Å². The van der Waals surface area contributed by atoms with Gasteiger partial charge in [-0.05, 0) is 6.92 Å². The van der Waals surface area contributed by atoms with Gasteiger partial charge in [-0.2, -0.15) is 0 Å². The molecule has 3 N–H and O–H groups in total. The summed E-state index contributed by atoms with van der Waals surface area (Å²) in [5.74, 6) is 0.433. The predicted octanol–water partition coefficient (Wildman–Crippen LogP) is 0.121. The van der Waals surface area contributed by atoms with Crippen molar-refractivity contribution in [2.24, 2.45) is 10.7 Å². The molecule has 0 spiro atoms. The van der Waals surface area contributed by atoms with E-state index in [1.165, 1.54) is 0 Å². The van der Waals surface area contributed by atoms with Crippen LogP contribution in [0.5, 0.6) is 0 Å². The number of ether oxygens (including phenoxy) is 3. The van der Waals surface area contributed by atoms with E-state index in [0.29, 0.717) is 19.1 Å². The molecule has 1 saturated heterocycles. The lowest BCUT2D eigenvalue weighted by atomic mass is 9.94. The van der Waals surface area contributed by atoms with E-state index >= 15 is 0 Å². The van der Waals surface area contributed by atoms with Crippen LogP contribution in [0.1, 0.15) is 19.8 Å². The number of methoxy groups -OCH3 is 2. The summed E-state index contributed by atoms with van der Waals surface area (Å²) in [5, 5.41) is 3.08. The Morgan fingerprint density at radius 2 is 2.11 bits per heavy atom. The molecule has 6 nitrogen and oxygen atoms in total. The SMILES string of the molecule is COCC(C)NC(N)=NCC1(OC)CCOCC1. The molecule has 0 aromatic heterocycles. The van der Waals surface area contributed by atoms with Crippen molar-refractivity contribution in [3.05, 3.63) is 0 Å². The van der Waals surface area contributed by atoms with Crippen LogP contribution in [-0.4, -0.2) is 58.2 Å². The van der Waals surface area contributed by atoms with Crippen molar-refractivity contribution in [1.82, 2.24) is 5.32 Å². The molecule has 1 atom stereocenters. The smallest absolute Gasteiger partial charge is 0.188 e. The van der Waals surface area contributed by atoms with E-state index in [1.807, 2.05) is 6.92 Å². The van der Waals surface area contributed by atoms with E-state index in [2.05, 4.69) is 10.3 Å². The third-order valence-electron chi connectivity index (χ3n) is 3.19. The standard InChI is InChI=1S/C12H25N3O3/c1-10(8-16-2)15-11(13)14-9-12(17-3)4-6-18-7-5-12/h10H,4-9H2,1-3H3,(H3,13,14,15). The Hall–Kier alpha value is -0.850. The van der Waals surface area contributed by atoms with Crippen molar-refractivity contribution in [2.45, 2.75) is 31.4 Å². The first-order valence-electron chi connectivity index (χ1n) is 6.30. The Morgan fingerprint density at radius 3 is 2.67 bits per heavy atom. The van der Waals surface area contributed by atoms with Crippen LogP contribution in [0.3, 0.4) is 0 Å². The van der Waals surface area contributed by atoms with Gasteiger partial charge in [0.2, 0.25) is 0 Å². The van der Waals surface area contributed by atoms with Crippen molar-refractivity contribution >= 4 is 5.96 Å². The van der Waals surface area contributed by atoms with Gasteiger partial charge in [-0.15, -0.1) is 0 Å². The highest BCUT2D eigenvalue weighted by Crippen LogP contribution is 2.24. The lowest BCUT2D eigenvalue weighted by molar-refractivity contribution is -0.0828. The Labute approximate surface area is 109 Å². The summed E-state index contributed by atoms with van der Waals surface area (Å²) in [7, 11) is 3.38. The number of guanidine groups is 1. The van der Waals surface area contributed by atoms with E-state index in [4.69, 9.17) is 19.9 Å². The molecule has 6 heteroatoms. The average molecular weight is 259 g/mol. The molecule has 1 heterocycles. The zero-order chi connectivity index (χ0) is 13.4. The molecule has 1 aliphatic heterocycles. The summed E-state index contributed by atoms with van der Waals surface area (Å²) >= 11 is 0. The Bertz CT molecular complexity index is 265. The summed E-state index contributed by atoms with van der Waals surface area (Å²) in [6, 6.07) is 0.145. The van der Waals surface area contributed by atoms with Crippen LogP contribution < -0.4 is 11.1 Å². The molecular weight excluding hydrogens is 234 g/mol. The van der Waals surface area contributed by atoms with Gasteiger partial charge in [-0.25, -0.2) is 0 Å². The molecule has 1 fully saturated rings. The maximum Gasteiger partial charge on any atom is 0.188 e. The lowest BCUT2D eigenvalue weighted by Gasteiger charge is -2.34. The molecule has 0 amide bonds. The van der Waals surface area contributed by atoms with Gasteiger partial charge in [0, 0.05) is 46.3 Å². The van der Waals surface area contributed by atoms with Gasteiger partial charge in [0.15, 0.2) is 5.96 Å². The summed E-state index contributed by atoms with van der Waals surface area (Å²) in [4.78, 5) is 4.36. The van der Waals surface area contributed by atoms with Crippen LogP contribution in [0.25, 0.3) is 0 Å². The second-order valence-corrected chi connectivity index (χ2v) is 4.70. The van der Waals surface area contributed by atoms with Gasteiger partial charge in [-0.3, -0.25) is 4.99 Å². The van der Waals surface area contributed by atoms with Gasteiger partial charge < -0.3 is 25.3 Å². The van der Waals surface area contributed by atoms with Crippen molar-refractivity contribution in [2.75, 3.05) is 40.6 Å². The van der Waals surface area contributed by atoms with Gasteiger partial charge in [0.1, 0.15) is 0 Å². The maximum atomic E-state index is 5.83. The molecule has 0 saturated carbocycles. The van der Waals surface area contributed by atoms with Crippen molar-refractivity contribution in [3.8, 4) is 0 Å². The fraction of sp³-hybridized carbons (Fsp3) is 0.917. The number of nitrogens with zero attached hydrogens (tertiary/aromatic N) is 1. The van der Waals surface area contributed by atoms with Crippen molar-refractivity contribution in [3.63, 3.8) is 0 Å². The molecule has 106 valence electrons. The molecule has 0 aliphatic carbocycles.